The van der Waals surface area contributed by atoms with Crippen molar-refractivity contribution in [3.8, 4) is 11.5 Å². The lowest BCUT2D eigenvalue weighted by Crippen LogP contribution is -1.97. The van der Waals surface area contributed by atoms with E-state index in [0.29, 0.717) is 16.6 Å². The van der Waals surface area contributed by atoms with E-state index in [4.69, 9.17) is 11.6 Å². The molecule has 0 aliphatic carbocycles. The molecule has 0 saturated carbocycles. The van der Waals surface area contributed by atoms with Gasteiger partial charge in [0, 0.05) is 5.69 Å². The molecule has 0 bridgehead atoms. The molecule has 5 nitrogen and oxygen atoms in total. The first-order valence-corrected chi connectivity index (χ1v) is 5.44. The quantitative estimate of drug-likeness (QED) is 0.659. The SMILES string of the molecule is Cc1cccc(-c2nnc3ccc(Cl)nn23)n1. The van der Waals surface area contributed by atoms with Crippen molar-refractivity contribution in [1.29, 1.82) is 0 Å². The van der Waals surface area contributed by atoms with Crippen LogP contribution in [-0.2, 0) is 0 Å². The first-order chi connectivity index (χ1) is 8.24. The molecule has 0 aliphatic heterocycles. The van der Waals surface area contributed by atoms with Crippen LogP contribution in [0.3, 0.4) is 0 Å². The Kier molecular flexibility index (Phi) is 2.26. The molecular weight excluding hydrogens is 238 g/mol. The molecule has 0 amide bonds. The fourth-order valence-corrected chi connectivity index (χ4v) is 1.73. The minimum atomic E-state index is 0.395. The van der Waals surface area contributed by atoms with Crippen LogP contribution < -0.4 is 0 Å². The van der Waals surface area contributed by atoms with Crippen LogP contribution in [0.4, 0.5) is 0 Å². The van der Waals surface area contributed by atoms with Crippen molar-refractivity contribution in [3.63, 3.8) is 0 Å². The molecule has 3 rings (SSSR count). The highest BCUT2D eigenvalue weighted by Gasteiger charge is 2.10. The summed E-state index contributed by atoms with van der Waals surface area (Å²) < 4.78 is 1.59. The minimum Gasteiger partial charge on any atom is -0.250 e. The summed E-state index contributed by atoms with van der Waals surface area (Å²) in [5.74, 6) is 0.589. The van der Waals surface area contributed by atoms with Crippen LogP contribution in [-0.4, -0.2) is 24.8 Å². The fraction of sp³-hybridized carbons (Fsp3) is 0.0909. The maximum Gasteiger partial charge on any atom is 0.203 e. The average molecular weight is 246 g/mol. The average Bonchev–Trinajstić information content (AvgIpc) is 2.71. The number of fused-ring (bicyclic) bond motifs is 1. The molecule has 0 atom stereocenters. The van der Waals surface area contributed by atoms with Crippen LogP contribution in [0.25, 0.3) is 17.2 Å². The van der Waals surface area contributed by atoms with E-state index in [0.717, 1.165) is 11.4 Å². The Labute approximate surface area is 102 Å². The Morgan fingerprint density at radius 2 is 2.00 bits per heavy atom. The van der Waals surface area contributed by atoms with Gasteiger partial charge in [-0.2, -0.15) is 9.61 Å². The van der Waals surface area contributed by atoms with Crippen LogP contribution in [0.15, 0.2) is 30.3 Å². The number of hydrogen-bond acceptors (Lipinski definition) is 4. The van der Waals surface area contributed by atoms with E-state index in [2.05, 4.69) is 20.3 Å². The number of hydrogen-bond donors (Lipinski definition) is 0. The van der Waals surface area contributed by atoms with Gasteiger partial charge in [-0.1, -0.05) is 17.7 Å². The predicted octanol–water partition coefficient (Wildman–Crippen LogP) is 2.15. The minimum absolute atomic E-state index is 0.395. The van der Waals surface area contributed by atoms with Crippen molar-refractivity contribution < 1.29 is 0 Å². The second kappa shape index (κ2) is 3.78. The summed E-state index contributed by atoms with van der Waals surface area (Å²) in [6.45, 7) is 1.92. The van der Waals surface area contributed by atoms with E-state index in [1.165, 1.54) is 0 Å². The molecule has 0 aliphatic rings. The molecule has 3 aromatic heterocycles. The highest BCUT2D eigenvalue weighted by atomic mass is 35.5. The number of nitrogens with zero attached hydrogens (tertiary/aromatic N) is 5. The second-order valence-electron chi connectivity index (χ2n) is 3.61. The maximum absolute atomic E-state index is 5.86. The molecule has 0 radical (unpaired) electrons. The van der Waals surface area contributed by atoms with E-state index >= 15 is 0 Å². The van der Waals surface area contributed by atoms with Gasteiger partial charge in [-0.25, -0.2) is 4.98 Å². The van der Waals surface area contributed by atoms with Gasteiger partial charge in [0.1, 0.15) is 10.8 Å². The summed E-state index contributed by atoms with van der Waals surface area (Å²) in [6.07, 6.45) is 0. The van der Waals surface area contributed by atoms with Crippen LogP contribution >= 0.6 is 11.6 Å². The van der Waals surface area contributed by atoms with Gasteiger partial charge in [-0.15, -0.1) is 10.2 Å². The number of aryl methyl sites for hydroxylation is 1. The lowest BCUT2D eigenvalue weighted by atomic mass is 10.3. The van der Waals surface area contributed by atoms with E-state index in [-0.39, 0.29) is 0 Å². The molecule has 17 heavy (non-hydrogen) atoms. The topological polar surface area (TPSA) is 56.0 Å². The molecule has 84 valence electrons. The molecule has 6 heteroatoms. The largest absolute Gasteiger partial charge is 0.250 e. The van der Waals surface area contributed by atoms with Crippen LogP contribution in [0, 0.1) is 6.92 Å². The fourth-order valence-electron chi connectivity index (χ4n) is 1.59. The van der Waals surface area contributed by atoms with E-state index < -0.39 is 0 Å². The summed E-state index contributed by atoms with van der Waals surface area (Å²) >= 11 is 5.86. The number of aromatic nitrogens is 5. The van der Waals surface area contributed by atoms with Crippen LogP contribution in [0.1, 0.15) is 5.69 Å². The van der Waals surface area contributed by atoms with E-state index in [1.807, 2.05) is 25.1 Å². The van der Waals surface area contributed by atoms with Gasteiger partial charge in [-0.3, -0.25) is 0 Å². The lowest BCUT2D eigenvalue weighted by molar-refractivity contribution is 0.928. The Balaban J connectivity index is 2.27. The summed E-state index contributed by atoms with van der Waals surface area (Å²) in [4.78, 5) is 4.39. The summed E-state index contributed by atoms with van der Waals surface area (Å²) in [7, 11) is 0. The highest BCUT2D eigenvalue weighted by molar-refractivity contribution is 6.29. The van der Waals surface area contributed by atoms with Crippen molar-refractivity contribution in [2.45, 2.75) is 6.92 Å². The highest BCUT2D eigenvalue weighted by Crippen LogP contribution is 2.16. The van der Waals surface area contributed by atoms with Gasteiger partial charge in [0.15, 0.2) is 5.65 Å². The molecule has 3 aromatic rings. The Hall–Kier alpha value is -2.01. The van der Waals surface area contributed by atoms with Gasteiger partial charge < -0.3 is 0 Å². The van der Waals surface area contributed by atoms with E-state index in [9.17, 15) is 0 Å². The zero-order valence-electron chi connectivity index (χ0n) is 9.00. The Morgan fingerprint density at radius 3 is 2.82 bits per heavy atom. The van der Waals surface area contributed by atoms with Crippen molar-refractivity contribution in [1.82, 2.24) is 24.8 Å². The first-order valence-electron chi connectivity index (χ1n) is 5.06. The lowest BCUT2D eigenvalue weighted by Gasteiger charge is -1.99. The third-order valence-electron chi connectivity index (χ3n) is 2.35. The maximum atomic E-state index is 5.86. The second-order valence-corrected chi connectivity index (χ2v) is 4.00. The third kappa shape index (κ3) is 1.74. The Bertz CT molecular complexity index is 691. The zero-order valence-corrected chi connectivity index (χ0v) is 9.76. The standard InChI is InChI=1S/C11H8ClN5/c1-7-3-2-4-8(13-7)11-15-14-10-6-5-9(12)16-17(10)11/h2-6H,1H3. The zero-order chi connectivity index (χ0) is 11.8. The van der Waals surface area contributed by atoms with Crippen molar-refractivity contribution in [2.75, 3.05) is 0 Å². The van der Waals surface area contributed by atoms with Crippen LogP contribution in [0.5, 0.6) is 0 Å². The molecule has 3 heterocycles. The van der Waals surface area contributed by atoms with Crippen molar-refractivity contribution in [3.05, 3.63) is 41.2 Å². The molecule has 0 saturated heterocycles. The molecule has 0 aromatic carbocycles. The van der Waals surface area contributed by atoms with Gasteiger partial charge >= 0.3 is 0 Å². The predicted molar refractivity (Wildman–Crippen MR) is 63.8 cm³/mol. The Morgan fingerprint density at radius 1 is 1.12 bits per heavy atom. The number of halogens is 1. The normalized spacial score (nSPS) is 10.9. The van der Waals surface area contributed by atoms with Crippen molar-refractivity contribution >= 4 is 17.2 Å². The molecular formula is C11H8ClN5. The van der Waals surface area contributed by atoms with Gasteiger partial charge in [0.05, 0.1) is 0 Å². The van der Waals surface area contributed by atoms with Crippen LogP contribution in [0.2, 0.25) is 5.15 Å². The molecule has 0 fully saturated rings. The number of rotatable bonds is 1. The number of pyridine rings is 1. The smallest absolute Gasteiger partial charge is 0.203 e. The van der Waals surface area contributed by atoms with Gasteiger partial charge in [0.25, 0.3) is 0 Å². The summed E-state index contributed by atoms with van der Waals surface area (Å²) in [5.41, 5.74) is 2.29. The summed E-state index contributed by atoms with van der Waals surface area (Å²) in [5, 5.41) is 12.6. The van der Waals surface area contributed by atoms with Crippen molar-refractivity contribution in [2.24, 2.45) is 0 Å². The van der Waals surface area contributed by atoms with Gasteiger partial charge in [-0.05, 0) is 31.2 Å². The molecule has 0 spiro atoms. The third-order valence-corrected chi connectivity index (χ3v) is 2.55. The van der Waals surface area contributed by atoms with Gasteiger partial charge in [0.2, 0.25) is 5.82 Å². The summed E-state index contributed by atoms with van der Waals surface area (Å²) in [6, 6.07) is 9.16. The molecule has 0 N–H and O–H groups in total. The molecule has 0 unspecified atom stereocenters. The monoisotopic (exact) mass is 245 g/mol. The van der Waals surface area contributed by atoms with E-state index in [1.54, 1.807) is 16.6 Å². The first kappa shape index (κ1) is 10.2.